The summed E-state index contributed by atoms with van der Waals surface area (Å²) in [6.45, 7) is 2.55. The molecular formula is C17H19NO2. The topological polar surface area (TPSA) is 29.5 Å². The maximum atomic E-state index is 11.8. The van der Waals surface area contributed by atoms with Crippen LogP contribution in [0.15, 0.2) is 48.5 Å². The molecule has 0 aliphatic rings. The van der Waals surface area contributed by atoms with Gasteiger partial charge in [0.05, 0.1) is 0 Å². The van der Waals surface area contributed by atoms with Crippen molar-refractivity contribution in [2.75, 3.05) is 14.1 Å². The summed E-state index contributed by atoms with van der Waals surface area (Å²) in [4.78, 5) is 13.3. The van der Waals surface area contributed by atoms with Crippen LogP contribution in [0.5, 0.6) is 5.75 Å². The highest BCUT2D eigenvalue weighted by atomic mass is 16.5. The predicted molar refractivity (Wildman–Crippen MR) is 80.0 cm³/mol. The number of carbonyl (C=O) groups is 1. The Bertz CT molecular complexity index is 571. The first-order valence-corrected chi connectivity index (χ1v) is 6.56. The summed E-state index contributed by atoms with van der Waals surface area (Å²) >= 11 is 0. The Morgan fingerprint density at radius 1 is 1.00 bits per heavy atom. The lowest BCUT2D eigenvalue weighted by Gasteiger charge is -2.11. The molecule has 1 amide bonds. The standard InChI is InChI=1S/C17H19NO2/c1-13-4-10-16(11-5-13)20-12-14-6-8-15(9-7-14)17(19)18(2)3/h4-11H,12H2,1-3H3. The quantitative estimate of drug-likeness (QED) is 0.852. The van der Waals surface area contributed by atoms with Crippen LogP contribution < -0.4 is 4.74 Å². The van der Waals surface area contributed by atoms with Gasteiger partial charge in [0.25, 0.3) is 5.91 Å². The highest BCUT2D eigenvalue weighted by Gasteiger charge is 2.07. The summed E-state index contributed by atoms with van der Waals surface area (Å²) in [5.41, 5.74) is 2.94. The molecule has 0 atom stereocenters. The molecule has 0 unspecified atom stereocenters. The van der Waals surface area contributed by atoms with Crippen molar-refractivity contribution in [3.05, 3.63) is 65.2 Å². The van der Waals surface area contributed by atoms with Crippen LogP contribution in [-0.2, 0) is 6.61 Å². The molecule has 2 rings (SSSR count). The minimum absolute atomic E-state index is 0.0102. The second kappa shape index (κ2) is 6.24. The van der Waals surface area contributed by atoms with Gasteiger partial charge in [-0.15, -0.1) is 0 Å². The van der Waals surface area contributed by atoms with E-state index in [1.165, 1.54) is 5.56 Å². The van der Waals surface area contributed by atoms with E-state index in [-0.39, 0.29) is 5.91 Å². The van der Waals surface area contributed by atoms with Gasteiger partial charge in [-0.2, -0.15) is 0 Å². The minimum Gasteiger partial charge on any atom is -0.489 e. The average molecular weight is 269 g/mol. The Morgan fingerprint density at radius 2 is 1.60 bits per heavy atom. The number of hydrogen-bond donors (Lipinski definition) is 0. The van der Waals surface area contributed by atoms with Crippen LogP contribution in [0.25, 0.3) is 0 Å². The van der Waals surface area contributed by atoms with E-state index in [0.29, 0.717) is 12.2 Å². The summed E-state index contributed by atoms with van der Waals surface area (Å²) in [7, 11) is 3.49. The van der Waals surface area contributed by atoms with Crippen LogP contribution in [0, 0.1) is 6.92 Å². The van der Waals surface area contributed by atoms with Crippen molar-refractivity contribution in [2.45, 2.75) is 13.5 Å². The molecule has 0 spiro atoms. The molecule has 0 aromatic heterocycles. The van der Waals surface area contributed by atoms with Crippen molar-refractivity contribution in [2.24, 2.45) is 0 Å². The van der Waals surface area contributed by atoms with E-state index in [2.05, 4.69) is 0 Å². The zero-order valence-corrected chi connectivity index (χ0v) is 12.1. The van der Waals surface area contributed by atoms with Crippen molar-refractivity contribution in [1.29, 1.82) is 0 Å². The van der Waals surface area contributed by atoms with Crippen LogP contribution >= 0.6 is 0 Å². The summed E-state index contributed by atoms with van der Waals surface area (Å²) in [5.74, 6) is 0.861. The number of ether oxygens (including phenoxy) is 1. The van der Waals surface area contributed by atoms with Gasteiger partial charge in [0.2, 0.25) is 0 Å². The van der Waals surface area contributed by atoms with Crippen LogP contribution in [0.2, 0.25) is 0 Å². The number of aryl methyl sites for hydroxylation is 1. The van der Waals surface area contributed by atoms with Crippen LogP contribution in [-0.4, -0.2) is 24.9 Å². The Hall–Kier alpha value is -2.29. The normalized spacial score (nSPS) is 10.2. The van der Waals surface area contributed by atoms with Gasteiger partial charge in [-0.05, 0) is 36.8 Å². The van der Waals surface area contributed by atoms with E-state index in [1.807, 2.05) is 55.5 Å². The third-order valence-electron chi connectivity index (χ3n) is 3.03. The molecule has 0 aliphatic carbocycles. The predicted octanol–water partition coefficient (Wildman–Crippen LogP) is 3.28. The number of benzene rings is 2. The highest BCUT2D eigenvalue weighted by Crippen LogP contribution is 2.14. The largest absolute Gasteiger partial charge is 0.489 e. The molecule has 3 heteroatoms. The Labute approximate surface area is 119 Å². The molecule has 0 saturated carbocycles. The third-order valence-corrected chi connectivity index (χ3v) is 3.03. The molecule has 2 aromatic carbocycles. The zero-order valence-electron chi connectivity index (χ0n) is 12.1. The zero-order chi connectivity index (χ0) is 14.5. The maximum absolute atomic E-state index is 11.8. The first kappa shape index (κ1) is 14.1. The Balaban J connectivity index is 1.97. The average Bonchev–Trinajstić information content (AvgIpc) is 2.46. The van der Waals surface area contributed by atoms with Gasteiger partial charge in [0, 0.05) is 19.7 Å². The van der Waals surface area contributed by atoms with Gasteiger partial charge < -0.3 is 9.64 Å². The summed E-state index contributed by atoms with van der Waals surface area (Å²) in [5, 5.41) is 0. The SMILES string of the molecule is Cc1ccc(OCc2ccc(C(=O)N(C)C)cc2)cc1. The lowest BCUT2D eigenvalue weighted by molar-refractivity contribution is 0.0827. The van der Waals surface area contributed by atoms with E-state index in [9.17, 15) is 4.79 Å². The van der Waals surface area contributed by atoms with Crippen LogP contribution in [0.1, 0.15) is 21.5 Å². The smallest absolute Gasteiger partial charge is 0.253 e. The van der Waals surface area contributed by atoms with Gasteiger partial charge >= 0.3 is 0 Å². The summed E-state index contributed by atoms with van der Waals surface area (Å²) in [6.07, 6.45) is 0. The first-order chi connectivity index (χ1) is 9.56. The molecule has 20 heavy (non-hydrogen) atoms. The minimum atomic E-state index is 0.0102. The van der Waals surface area contributed by atoms with Crippen molar-refractivity contribution >= 4 is 5.91 Å². The number of nitrogens with zero attached hydrogens (tertiary/aromatic N) is 1. The van der Waals surface area contributed by atoms with E-state index >= 15 is 0 Å². The van der Waals surface area contributed by atoms with E-state index < -0.39 is 0 Å². The summed E-state index contributed by atoms with van der Waals surface area (Å²) in [6, 6.07) is 15.5. The monoisotopic (exact) mass is 269 g/mol. The molecule has 104 valence electrons. The number of hydrogen-bond acceptors (Lipinski definition) is 2. The Morgan fingerprint density at radius 3 is 2.15 bits per heavy atom. The van der Waals surface area contributed by atoms with Crippen molar-refractivity contribution in [3.8, 4) is 5.75 Å². The van der Waals surface area contributed by atoms with E-state index in [1.54, 1.807) is 19.0 Å². The molecule has 0 aliphatic heterocycles. The number of rotatable bonds is 4. The molecule has 3 nitrogen and oxygen atoms in total. The second-order valence-electron chi connectivity index (χ2n) is 5.00. The lowest BCUT2D eigenvalue weighted by Crippen LogP contribution is -2.21. The molecular weight excluding hydrogens is 250 g/mol. The van der Waals surface area contributed by atoms with Gasteiger partial charge in [-0.3, -0.25) is 4.79 Å². The first-order valence-electron chi connectivity index (χ1n) is 6.56. The maximum Gasteiger partial charge on any atom is 0.253 e. The molecule has 0 radical (unpaired) electrons. The van der Waals surface area contributed by atoms with Crippen molar-refractivity contribution in [1.82, 2.24) is 4.90 Å². The fourth-order valence-corrected chi connectivity index (χ4v) is 1.80. The van der Waals surface area contributed by atoms with Crippen LogP contribution in [0.3, 0.4) is 0 Å². The van der Waals surface area contributed by atoms with Crippen molar-refractivity contribution < 1.29 is 9.53 Å². The molecule has 0 bridgehead atoms. The molecule has 0 N–H and O–H groups in total. The summed E-state index contributed by atoms with van der Waals surface area (Å²) < 4.78 is 5.70. The van der Waals surface area contributed by atoms with Crippen LogP contribution in [0.4, 0.5) is 0 Å². The fourth-order valence-electron chi connectivity index (χ4n) is 1.80. The van der Waals surface area contributed by atoms with Crippen molar-refractivity contribution in [3.63, 3.8) is 0 Å². The fraction of sp³-hybridized carbons (Fsp3) is 0.235. The van der Waals surface area contributed by atoms with Gasteiger partial charge in [0.1, 0.15) is 12.4 Å². The van der Waals surface area contributed by atoms with Gasteiger partial charge in [0.15, 0.2) is 0 Å². The Kier molecular flexibility index (Phi) is 4.41. The molecule has 0 fully saturated rings. The molecule has 2 aromatic rings. The van der Waals surface area contributed by atoms with Gasteiger partial charge in [-0.25, -0.2) is 0 Å². The molecule has 0 heterocycles. The highest BCUT2D eigenvalue weighted by molar-refractivity contribution is 5.93. The molecule has 0 saturated heterocycles. The number of amides is 1. The van der Waals surface area contributed by atoms with E-state index in [0.717, 1.165) is 11.3 Å². The number of carbonyl (C=O) groups excluding carboxylic acids is 1. The van der Waals surface area contributed by atoms with Gasteiger partial charge in [-0.1, -0.05) is 29.8 Å². The third kappa shape index (κ3) is 3.60. The van der Waals surface area contributed by atoms with E-state index in [4.69, 9.17) is 4.74 Å². The lowest BCUT2D eigenvalue weighted by atomic mass is 10.1. The second-order valence-corrected chi connectivity index (χ2v) is 5.00.